The van der Waals surface area contributed by atoms with E-state index in [4.69, 9.17) is 0 Å². The predicted octanol–water partition coefficient (Wildman–Crippen LogP) is 5.71. The molecule has 0 heterocycles. The molecular formula is C18H28. The largest absolute Gasteiger partial charge is 0.0871 e. The zero-order valence-corrected chi connectivity index (χ0v) is 12.6. The predicted molar refractivity (Wildman–Crippen MR) is 83.1 cm³/mol. The van der Waals surface area contributed by atoms with Gasteiger partial charge in [0.15, 0.2) is 0 Å². The fraction of sp³-hybridized carbons (Fsp3) is 0.556. The molecule has 0 heteroatoms. The van der Waals surface area contributed by atoms with Crippen molar-refractivity contribution in [3.8, 4) is 0 Å². The SMILES string of the molecule is C/C=C/c1cc(CCCC)c(C)cc1CCCC. The van der Waals surface area contributed by atoms with Gasteiger partial charge in [-0.2, -0.15) is 0 Å². The maximum absolute atomic E-state index is 2.41. The van der Waals surface area contributed by atoms with Gasteiger partial charge in [-0.3, -0.25) is 0 Å². The number of allylic oxidation sites excluding steroid dienone is 1. The van der Waals surface area contributed by atoms with Crippen LogP contribution in [0.2, 0.25) is 0 Å². The normalized spacial score (nSPS) is 11.3. The summed E-state index contributed by atoms with van der Waals surface area (Å²) in [5.74, 6) is 0. The maximum atomic E-state index is 2.41. The molecule has 0 spiro atoms. The molecule has 0 amide bonds. The first-order valence-electron chi connectivity index (χ1n) is 7.48. The summed E-state index contributed by atoms with van der Waals surface area (Å²) in [6, 6.07) is 4.83. The van der Waals surface area contributed by atoms with Crippen LogP contribution < -0.4 is 0 Å². The molecular weight excluding hydrogens is 216 g/mol. The van der Waals surface area contributed by atoms with Gasteiger partial charge in [0.1, 0.15) is 0 Å². The maximum Gasteiger partial charge on any atom is -0.0225 e. The van der Waals surface area contributed by atoms with Crippen molar-refractivity contribution in [1.29, 1.82) is 0 Å². The lowest BCUT2D eigenvalue weighted by Crippen LogP contribution is -1.97. The third kappa shape index (κ3) is 4.33. The summed E-state index contributed by atoms with van der Waals surface area (Å²) < 4.78 is 0. The first-order chi connectivity index (χ1) is 8.72. The van der Waals surface area contributed by atoms with Crippen LogP contribution in [-0.2, 0) is 12.8 Å². The van der Waals surface area contributed by atoms with E-state index < -0.39 is 0 Å². The summed E-state index contributed by atoms with van der Waals surface area (Å²) in [6.07, 6.45) is 12.0. The highest BCUT2D eigenvalue weighted by molar-refractivity contribution is 5.56. The van der Waals surface area contributed by atoms with E-state index in [0.29, 0.717) is 0 Å². The van der Waals surface area contributed by atoms with Crippen molar-refractivity contribution in [3.05, 3.63) is 40.5 Å². The van der Waals surface area contributed by atoms with Crippen LogP contribution in [0.4, 0.5) is 0 Å². The number of hydrogen-bond acceptors (Lipinski definition) is 0. The molecule has 0 nitrogen and oxygen atoms in total. The van der Waals surface area contributed by atoms with Crippen molar-refractivity contribution in [2.24, 2.45) is 0 Å². The lowest BCUT2D eigenvalue weighted by molar-refractivity contribution is 0.781. The van der Waals surface area contributed by atoms with Crippen molar-refractivity contribution in [2.75, 3.05) is 0 Å². The summed E-state index contributed by atoms with van der Waals surface area (Å²) in [6.45, 7) is 8.89. The molecule has 0 aromatic heterocycles. The summed E-state index contributed by atoms with van der Waals surface area (Å²) in [7, 11) is 0. The molecule has 0 unspecified atom stereocenters. The van der Waals surface area contributed by atoms with Crippen molar-refractivity contribution in [1.82, 2.24) is 0 Å². The molecule has 0 aliphatic carbocycles. The van der Waals surface area contributed by atoms with Gasteiger partial charge < -0.3 is 0 Å². The lowest BCUT2D eigenvalue weighted by atomic mass is 9.93. The third-order valence-corrected chi connectivity index (χ3v) is 3.54. The van der Waals surface area contributed by atoms with Crippen LogP contribution in [0.1, 0.15) is 68.7 Å². The van der Waals surface area contributed by atoms with Gasteiger partial charge in [-0.1, -0.05) is 51.0 Å². The fourth-order valence-corrected chi connectivity index (χ4v) is 2.39. The Morgan fingerprint density at radius 2 is 1.56 bits per heavy atom. The molecule has 1 rings (SSSR count). The second kappa shape index (κ2) is 8.13. The molecule has 0 aliphatic heterocycles. The summed E-state index contributed by atoms with van der Waals surface area (Å²) >= 11 is 0. The molecule has 1 aromatic rings. The third-order valence-electron chi connectivity index (χ3n) is 3.54. The van der Waals surface area contributed by atoms with Crippen molar-refractivity contribution < 1.29 is 0 Å². The van der Waals surface area contributed by atoms with Crippen molar-refractivity contribution in [2.45, 2.75) is 66.2 Å². The number of rotatable bonds is 7. The molecule has 0 atom stereocenters. The molecule has 0 saturated heterocycles. The fourth-order valence-electron chi connectivity index (χ4n) is 2.39. The van der Waals surface area contributed by atoms with Crippen LogP contribution in [0.5, 0.6) is 0 Å². The molecule has 18 heavy (non-hydrogen) atoms. The summed E-state index contributed by atoms with van der Waals surface area (Å²) in [5, 5.41) is 0. The molecule has 0 fully saturated rings. The van der Waals surface area contributed by atoms with Crippen molar-refractivity contribution in [3.63, 3.8) is 0 Å². The number of hydrogen-bond donors (Lipinski definition) is 0. The molecule has 0 saturated carbocycles. The van der Waals surface area contributed by atoms with Gasteiger partial charge in [-0.05, 0) is 61.8 Å². The molecule has 0 bridgehead atoms. The Morgan fingerprint density at radius 1 is 0.944 bits per heavy atom. The average Bonchev–Trinajstić information content (AvgIpc) is 2.37. The quantitative estimate of drug-likeness (QED) is 0.576. The molecule has 100 valence electrons. The first-order valence-corrected chi connectivity index (χ1v) is 7.48. The topological polar surface area (TPSA) is 0 Å². The van der Waals surface area contributed by atoms with Gasteiger partial charge in [-0.25, -0.2) is 0 Å². The monoisotopic (exact) mass is 244 g/mol. The van der Waals surface area contributed by atoms with E-state index in [1.54, 1.807) is 0 Å². The molecule has 0 radical (unpaired) electrons. The minimum Gasteiger partial charge on any atom is -0.0871 e. The number of unbranched alkanes of at least 4 members (excludes halogenated alkanes) is 2. The molecule has 0 N–H and O–H groups in total. The van der Waals surface area contributed by atoms with E-state index in [2.05, 4.69) is 52.0 Å². The minimum atomic E-state index is 1.21. The Bertz CT molecular complexity index is 385. The highest BCUT2D eigenvalue weighted by Crippen LogP contribution is 2.21. The summed E-state index contributed by atoms with van der Waals surface area (Å²) in [5.41, 5.74) is 5.96. The zero-order valence-electron chi connectivity index (χ0n) is 12.6. The van der Waals surface area contributed by atoms with E-state index in [1.807, 2.05) is 0 Å². The smallest absolute Gasteiger partial charge is 0.0225 e. The van der Waals surface area contributed by atoms with E-state index >= 15 is 0 Å². The summed E-state index contributed by atoms with van der Waals surface area (Å²) in [4.78, 5) is 0. The molecule has 1 aromatic carbocycles. The van der Waals surface area contributed by atoms with E-state index in [9.17, 15) is 0 Å². The van der Waals surface area contributed by atoms with Crippen LogP contribution in [0, 0.1) is 6.92 Å². The Labute approximate surface area is 113 Å². The lowest BCUT2D eigenvalue weighted by Gasteiger charge is -2.12. The van der Waals surface area contributed by atoms with Gasteiger partial charge in [0, 0.05) is 0 Å². The number of benzene rings is 1. The van der Waals surface area contributed by atoms with Gasteiger partial charge in [0.25, 0.3) is 0 Å². The second-order valence-corrected chi connectivity index (χ2v) is 5.18. The Morgan fingerprint density at radius 3 is 2.11 bits per heavy atom. The van der Waals surface area contributed by atoms with Gasteiger partial charge >= 0.3 is 0 Å². The Hall–Kier alpha value is -1.04. The highest BCUT2D eigenvalue weighted by atomic mass is 14.1. The second-order valence-electron chi connectivity index (χ2n) is 5.18. The van der Waals surface area contributed by atoms with Crippen LogP contribution >= 0.6 is 0 Å². The minimum absolute atomic E-state index is 1.21. The van der Waals surface area contributed by atoms with E-state index in [0.717, 1.165) is 0 Å². The van der Waals surface area contributed by atoms with Gasteiger partial charge in [0.2, 0.25) is 0 Å². The van der Waals surface area contributed by atoms with Gasteiger partial charge in [-0.15, -0.1) is 0 Å². The highest BCUT2D eigenvalue weighted by Gasteiger charge is 2.05. The van der Waals surface area contributed by atoms with Gasteiger partial charge in [0.05, 0.1) is 0 Å². The van der Waals surface area contributed by atoms with E-state index in [-0.39, 0.29) is 0 Å². The van der Waals surface area contributed by atoms with E-state index in [1.165, 1.54) is 60.8 Å². The van der Waals surface area contributed by atoms with Crippen molar-refractivity contribution >= 4 is 6.08 Å². The standard InChI is InChI=1S/C18H28/c1-5-8-11-16-14-17(10-7-3)18(12-9-6-2)13-15(16)4/h7,10,13-14H,5-6,8-9,11-12H2,1-4H3/b10-7+. The van der Waals surface area contributed by atoms with Crippen LogP contribution in [0.3, 0.4) is 0 Å². The van der Waals surface area contributed by atoms with Crippen LogP contribution in [0.25, 0.3) is 6.08 Å². The van der Waals surface area contributed by atoms with Crippen LogP contribution in [0.15, 0.2) is 18.2 Å². The molecule has 0 aliphatic rings. The Balaban J connectivity index is 3.00. The number of aryl methyl sites for hydroxylation is 3. The first kappa shape index (κ1) is 15.0. The zero-order chi connectivity index (χ0) is 13.4. The Kier molecular flexibility index (Phi) is 6.78. The average molecular weight is 244 g/mol. The van der Waals surface area contributed by atoms with Crippen LogP contribution in [-0.4, -0.2) is 0 Å².